The van der Waals surface area contributed by atoms with Crippen LogP contribution in [0, 0.1) is 29.1 Å². The smallest absolute Gasteiger partial charge is 0.186 e. The molecule has 0 bridgehead atoms. The number of benzene rings is 3. The number of aromatic nitrogens is 1. The molecule has 1 saturated heterocycles. The van der Waals surface area contributed by atoms with Crippen LogP contribution in [0.25, 0.3) is 22.0 Å². The molecule has 1 aromatic heterocycles. The molecule has 1 fully saturated rings. The van der Waals surface area contributed by atoms with Crippen molar-refractivity contribution in [3.8, 4) is 11.1 Å². The molecule has 5 rings (SSSR count). The van der Waals surface area contributed by atoms with E-state index in [-0.39, 0.29) is 13.1 Å². The third-order valence-electron chi connectivity index (χ3n) is 6.14. The molecule has 1 N–H and O–H groups in total. The molecule has 0 unspecified atom stereocenters. The molecular formula is C25H17ClF5N3O2S. The van der Waals surface area contributed by atoms with Crippen LogP contribution in [0.1, 0.15) is 0 Å². The summed E-state index contributed by atoms with van der Waals surface area (Å²) in [6.45, 7) is 0.392. The number of hydrogen-bond acceptors (Lipinski definition) is 5. The van der Waals surface area contributed by atoms with E-state index in [2.05, 4.69) is 10.3 Å². The van der Waals surface area contributed by atoms with Crippen molar-refractivity contribution in [2.75, 3.05) is 29.6 Å². The molecule has 0 amide bonds. The molecule has 0 spiro atoms. The summed E-state index contributed by atoms with van der Waals surface area (Å²) < 4.78 is 94.8. The van der Waals surface area contributed by atoms with Crippen LogP contribution < -0.4 is 10.2 Å². The van der Waals surface area contributed by atoms with Crippen molar-refractivity contribution in [2.45, 2.75) is 10.9 Å². The van der Waals surface area contributed by atoms with Gasteiger partial charge in [-0.3, -0.25) is 4.98 Å². The Bertz CT molecular complexity index is 1650. The molecule has 0 aliphatic carbocycles. The first-order valence-electron chi connectivity index (χ1n) is 10.9. The highest BCUT2D eigenvalue weighted by molar-refractivity contribution is 7.90. The van der Waals surface area contributed by atoms with Crippen molar-refractivity contribution in [3.63, 3.8) is 0 Å². The lowest BCUT2D eigenvalue weighted by molar-refractivity contribution is 0.420. The topological polar surface area (TPSA) is 62.3 Å². The van der Waals surface area contributed by atoms with Crippen LogP contribution in [0.4, 0.5) is 33.3 Å². The molecule has 37 heavy (non-hydrogen) atoms. The van der Waals surface area contributed by atoms with Gasteiger partial charge in [-0.2, -0.15) is 0 Å². The van der Waals surface area contributed by atoms with Crippen LogP contribution in [0.15, 0.2) is 53.6 Å². The summed E-state index contributed by atoms with van der Waals surface area (Å²) in [5, 5.41) is 3.37. The lowest BCUT2D eigenvalue weighted by Gasteiger charge is -2.42. The molecule has 0 saturated carbocycles. The van der Waals surface area contributed by atoms with Crippen LogP contribution in [0.3, 0.4) is 0 Å². The number of pyridine rings is 1. The van der Waals surface area contributed by atoms with E-state index < -0.39 is 55.5 Å². The lowest BCUT2D eigenvalue weighted by Crippen LogP contribution is -2.55. The zero-order chi connectivity index (χ0) is 26.6. The minimum Gasteiger partial charge on any atom is -0.374 e. The van der Waals surface area contributed by atoms with Gasteiger partial charge in [0, 0.05) is 52.8 Å². The molecule has 0 radical (unpaired) electrons. The molecule has 1 aliphatic heterocycles. The van der Waals surface area contributed by atoms with Gasteiger partial charge in [0.25, 0.3) is 0 Å². The predicted octanol–water partition coefficient (Wildman–Crippen LogP) is 5.95. The van der Waals surface area contributed by atoms with Crippen molar-refractivity contribution < 1.29 is 30.4 Å². The Kier molecular flexibility index (Phi) is 6.23. The fourth-order valence-corrected chi connectivity index (χ4v) is 5.44. The van der Waals surface area contributed by atoms with Gasteiger partial charge in [-0.25, -0.2) is 30.4 Å². The fourth-order valence-electron chi connectivity index (χ4n) is 4.35. The van der Waals surface area contributed by atoms with Gasteiger partial charge in [0.05, 0.1) is 11.6 Å². The number of sulfone groups is 1. The number of fused-ring (bicyclic) bond motifs is 1. The second kappa shape index (κ2) is 9.14. The Balaban J connectivity index is 1.41. The second-order valence-electron chi connectivity index (χ2n) is 8.64. The Morgan fingerprint density at radius 1 is 0.946 bits per heavy atom. The maximum Gasteiger partial charge on any atom is 0.186 e. The van der Waals surface area contributed by atoms with E-state index in [1.165, 1.54) is 6.07 Å². The van der Waals surface area contributed by atoms with Crippen LogP contribution in [0.5, 0.6) is 0 Å². The van der Waals surface area contributed by atoms with Crippen molar-refractivity contribution in [2.24, 2.45) is 0 Å². The molecule has 0 atom stereocenters. The number of halogens is 6. The van der Waals surface area contributed by atoms with E-state index >= 15 is 0 Å². The Labute approximate surface area is 213 Å². The van der Waals surface area contributed by atoms with Crippen LogP contribution in [-0.2, 0) is 9.84 Å². The molecule has 192 valence electrons. The van der Waals surface area contributed by atoms with Crippen molar-refractivity contribution >= 4 is 43.7 Å². The van der Waals surface area contributed by atoms with E-state index in [9.17, 15) is 30.4 Å². The number of nitrogens with one attached hydrogen (secondary N) is 1. The van der Waals surface area contributed by atoms with Gasteiger partial charge in [0.1, 0.15) is 16.4 Å². The first-order valence-corrected chi connectivity index (χ1v) is 13.1. The average Bonchev–Trinajstić information content (AvgIpc) is 2.81. The average molecular weight is 554 g/mol. The molecule has 3 aromatic carbocycles. The van der Waals surface area contributed by atoms with Gasteiger partial charge in [-0.15, -0.1) is 0 Å². The van der Waals surface area contributed by atoms with Crippen molar-refractivity contribution in [1.29, 1.82) is 0 Å². The van der Waals surface area contributed by atoms with E-state index in [0.29, 0.717) is 39.0 Å². The Morgan fingerprint density at radius 3 is 2.22 bits per heavy atom. The van der Waals surface area contributed by atoms with Gasteiger partial charge >= 0.3 is 0 Å². The van der Waals surface area contributed by atoms with Crippen LogP contribution >= 0.6 is 11.6 Å². The van der Waals surface area contributed by atoms with E-state index in [0.717, 1.165) is 0 Å². The highest BCUT2D eigenvalue weighted by Gasteiger charge is 2.34. The van der Waals surface area contributed by atoms with Crippen LogP contribution in [0.2, 0.25) is 5.02 Å². The summed E-state index contributed by atoms with van der Waals surface area (Å²) in [5.74, 6) is -8.05. The van der Waals surface area contributed by atoms with Gasteiger partial charge in [-0.1, -0.05) is 29.8 Å². The highest BCUT2D eigenvalue weighted by atomic mass is 35.5. The first-order chi connectivity index (χ1) is 17.5. The molecule has 2 heterocycles. The third-order valence-corrected chi connectivity index (χ3v) is 7.55. The molecular weight excluding hydrogens is 537 g/mol. The van der Waals surface area contributed by atoms with E-state index in [1.807, 2.05) is 4.90 Å². The largest absolute Gasteiger partial charge is 0.374 e. The van der Waals surface area contributed by atoms with Crippen molar-refractivity contribution in [3.05, 3.63) is 82.8 Å². The van der Waals surface area contributed by atoms with E-state index in [1.54, 1.807) is 42.6 Å². The maximum atomic E-state index is 14.5. The lowest BCUT2D eigenvalue weighted by atomic mass is 10.0. The fraction of sp³-hybridized carbons (Fsp3) is 0.160. The summed E-state index contributed by atoms with van der Waals surface area (Å²) >= 11 is 6.47. The van der Waals surface area contributed by atoms with Crippen LogP contribution in [-0.4, -0.2) is 38.8 Å². The van der Waals surface area contributed by atoms with Gasteiger partial charge < -0.3 is 10.2 Å². The normalized spacial score (nSPS) is 14.2. The molecule has 4 aromatic rings. The number of rotatable bonds is 5. The summed E-state index contributed by atoms with van der Waals surface area (Å²) in [6.07, 6.45) is 2.00. The predicted molar refractivity (Wildman–Crippen MR) is 131 cm³/mol. The Hall–Kier alpha value is -3.44. The summed E-state index contributed by atoms with van der Waals surface area (Å²) in [7, 11) is -4.54. The second-order valence-corrected chi connectivity index (χ2v) is 11.0. The first kappa shape index (κ1) is 25.2. The number of hydrogen-bond donors (Lipinski definition) is 1. The summed E-state index contributed by atoms with van der Waals surface area (Å²) in [4.78, 5) is 4.52. The summed E-state index contributed by atoms with van der Waals surface area (Å²) in [6, 6.07) is 10.6. The zero-order valence-corrected chi connectivity index (χ0v) is 20.6. The number of nitrogens with zero attached hydrogens (tertiary/aromatic N) is 2. The van der Waals surface area contributed by atoms with E-state index in [4.69, 9.17) is 11.6 Å². The third kappa shape index (κ3) is 4.36. The van der Waals surface area contributed by atoms with Gasteiger partial charge in [-0.05, 0) is 24.3 Å². The minimum atomic E-state index is -4.54. The quantitative estimate of drug-likeness (QED) is 0.244. The summed E-state index contributed by atoms with van der Waals surface area (Å²) in [5.41, 5.74) is 0.932. The zero-order valence-electron chi connectivity index (χ0n) is 19.0. The Morgan fingerprint density at radius 2 is 1.59 bits per heavy atom. The molecule has 1 aliphatic rings. The molecule has 5 nitrogen and oxygen atoms in total. The van der Waals surface area contributed by atoms with Crippen molar-refractivity contribution in [1.82, 2.24) is 4.98 Å². The highest BCUT2D eigenvalue weighted by Crippen LogP contribution is 2.38. The minimum absolute atomic E-state index is 0.196. The number of anilines is 2. The van der Waals surface area contributed by atoms with Gasteiger partial charge in [0.2, 0.25) is 0 Å². The monoisotopic (exact) mass is 553 g/mol. The molecule has 12 heteroatoms. The SMILES string of the molecule is CS(=O)(=O)c1c(F)c(F)c(NC2CN(c3ccnc4cc(-c5ccccc5F)c(Cl)cc34)C2)c(F)c1F. The van der Waals surface area contributed by atoms with Gasteiger partial charge in [0.15, 0.2) is 33.1 Å². The standard InChI is InChI=1S/C25H17ClF5N3O2S/c1-37(35,36)25-22(30)20(28)24(21(29)23(25)31)33-12-10-34(11-12)19-6-7-32-18-9-14(16(26)8-15(18)19)13-4-2-3-5-17(13)27/h2-9,12,33H,10-11H2,1H3. The maximum absolute atomic E-state index is 14.5.